The summed E-state index contributed by atoms with van der Waals surface area (Å²) in [6.07, 6.45) is 7.88. The predicted molar refractivity (Wildman–Crippen MR) is 136 cm³/mol. The Morgan fingerprint density at radius 3 is 2.89 bits per heavy atom. The molecule has 1 unspecified atom stereocenters. The van der Waals surface area contributed by atoms with Gasteiger partial charge in [0.2, 0.25) is 0 Å². The lowest BCUT2D eigenvalue weighted by atomic mass is 10.2. The molecule has 1 aromatic heterocycles. The smallest absolute Gasteiger partial charge is 0.157 e. The molecule has 1 aliphatic rings. The Morgan fingerprint density at radius 2 is 2.11 bits per heavy atom. The highest BCUT2D eigenvalue weighted by atomic mass is 16.7. The van der Waals surface area contributed by atoms with Gasteiger partial charge < -0.3 is 34.9 Å². The highest BCUT2D eigenvalue weighted by Crippen LogP contribution is 2.28. The summed E-state index contributed by atoms with van der Waals surface area (Å²) >= 11 is 0. The molecule has 1 aliphatic heterocycles. The second-order valence-corrected chi connectivity index (χ2v) is 8.38. The lowest BCUT2D eigenvalue weighted by molar-refractivity contribution is -0.163. The summed E-state index contributed by atoms with van der Waals surface area (Å²) in [5, 5.41) is 21.1. The Bertz CT molecular complexity index is 1190. The Hall–Kier alpha value is -3.69. The van der Waals surface area contributed by atoms with E-state index in [4.69, 9.17) is 24.6 Å². The number of ether oxygens (including phenoxy) is 3. The summed E-state index contributed by atoms with van der Waals surface area (Å²) in [7, 11) is 3.49. The molecule has 0 spiro atoms. The van der Waals surface area contributed by atoms with Crippen molar-refractivity contribution < 1.29 is 19.3 Å². The minimum atomic E-state index is -0.113. The van der Waals surface area contributed by atoms with Gasteiger partial charge in [-0.1, -0.05) is 0 Å². The number of likely N-dealkylation sites (N-methyl/N-ethyl adjacent to an activating group) is 1. The van der Waals surface area contributed by atoms with Crippen molar-refractivity contribution in [3.8, 4) is 11.5 Å². The van der Waals surface area contributed by atoms with Crippen LogP contribution in [0.25, 0.3) is 16.6 Å². The van der Waals surface area contributed by atoms with Gasteiger partial charge >= 0.3 is 0 Å². The number of hydrogen-bond donors (Lipinski definition) is 3. The average Bonchev–Trinajstić information content (AvgIpc) is 2.87. The highest BCUT2D eigenvalue weighted by Gasteiger charge is 2.14. The van der Waals surface area contributed by atoms with Crippen molar-refractivity contribution in [1.82, 2.24) is 14.9 Å². The standard InChI is InChI=1S/C26H31N5O4/c1-31(8-10-35-26-5-3-4-9-34-26)17-18(15-27)25-16-28-23-7-6-19(13-24(23)30-25)29-20-11-21(32)14-22(12-20)33-2/h6-7,11-17,26-27,29,32H,3-5,8-10H2,1-2H3/b18-17+,27-15?. The van der Waals surface area contributed by atoms with Crippen LogP contribution in [-0.2, 0) is 9.47 Å². The number of nitrogens with zero attached hydrogens (tertiary/aromatic N) is 3. The molecule has 0 amide bonds. The molecule has 0 aliphatic carbocycles. The second-order valence-electron chi connectivity index (χ2n) is 8.38. The molecule has 1 atom stereocenters. The third-order valence-corrected chi connectivity index (χ3v) is 5.65. The van der Waals surface area contributed by atoms with Gasteiger partial charge in [-0.05, 0) is 37.5 Å². The van der Waals surface area contributed by atoms with Crippen LogP contribution in [0.15, 0.2) is 48.8 Å². The van der Waals surface area contributed by atoms with Gasteiger partial charge in [-0.25, -0.2) is 4.98 Å². The van der Waals surface area contributed by atoms with Crippen LogP contribution in [-0.4, -0.2) is 66.4 Å². The van der Waals surface area contributed by atoms with Crippen molar-refractivity contribution >= 4 is 34.2 Å². The van der Waals surface area contributed by atoms with Gasteiger partial charge in [0.05, 0.1) is 36.6 Å². The zero-order valence-electron chi connectivity index (χ0n) is 20.0. The third-order valence-electron chi connectivity index (χ3n) is 5.65. The van der Waals surface area contributed by atoms with E-state index in [0.29, 0.717) is 41.4 Å². The normalized spacial score (nSPS) is 16.2. The van der Waals surface area contributed by atoms with Crippen LogP contribution < -0.4 is 10.1 Å². The maximum absolute atomic E-state index is 9.90. The van der Waals surface area contributed by atoms with Crippen molar-refractivity contribution in [2.75, 3.05) is 39.2 Å². The van der Waals surface area contributed by atoms with Crippen LogP contribution in [0.2, 0.25) is 0 Å². The first-order valence-electron chi connectivity index (χ1n) is 11.6. The van der Waals surface area contributed by atoms with Gasteiger partial charge in [-0.3, -0.25) is 4.98 Å². The van der Waals surface area contributed by atoms with E-state index in [2.05, 4.69) is 10.3 Å². The number of phenols is 1. The van der Waals surface area contributed by atoms with Crippen LogP contribution >= 0.6 is 0 Å². The molecule has 2 heterocycles. The Morgan fingerprint density at radius 1 is 1.23 bits per heavy atom. The van der Waals surface area contributed by atoms with E-state index in [0.717, 1.165) is 37.1 Å². The summed E-state index contributed by atoms with van der Waals surface area (Å²) in [5.74, 6) is 0.660. The number of phenolic OH excluding ortho intramolecular Hbond substituents is 1. The molecule has 4 rings (SSSR count). The van der Waals surface area contributed by atoms with Crippen molar-refractivity contribution in [2.24, 2.45) is 0 Å². The summed E-state index contributed by atoms with van der Waals surface area (Å²) in [6.45, 7) is 1.97. The zero-order chi connectivity index (χ0) is 24.6. The fraction of sp³-hybridized carbons (Fsp3) is 0.346. The molecule has 9 heteroatoms. The number of rotatable bonds is 10. The van der Waals surface area contributed by atoms with E-state index in [1.807, 2.05) is 36.3 Å². The number of fused-ring (bicyclic) bond motifs is 1. The maximum atomic E-state index is 9.90. The lowest BCUT2D eigenvalue weighted by Crippen LogP contribution is -2.26. The Kier molecular flexibility index (Phi) is 8.12. The van der Waals surface area contributed by atoms with Crippen LogP contribution in [0.5, 0.6) is 11.5 Å². The third kappa shape index (κ3) is 6.68. The van der Waals surface area contributed by atoms with Crippen molar-refractivity contribution in [1.29, 1.82) is 5.41 Å². The molecule has 0 radical (unpaired) electrons. The van der Waals surface area contributed by atoms with Crippen LogP contribution in [0, 0.1) is 5.41 Å². The fourth-order valence-electron chi connectivity index (χ4n) is 3.82. The summed E-state index contributed by atoms with van der Waals surface area (Å²) in [5.41, 5.74) is 4.15. The van der Waals surface area contributed by atoms with E-state index in [1.165, 1.54) is 6.21 Å². The zero-order valence-corrected chi connectivity index (χ0v) is 20.0. The summed E-state index contributed by atoms with van der Waals surface area (Å²) in [6, 6.07) is 10.6. The summed E-state index contributed by atoms with van der Waals surface area (Å²) in [4.78, 5) is 11.2. The number of methoxy groups -OCH3 is 1. The molecule has 0 saturated carbocycles. The predicted octanol–water partition coefficient (Wildman–Crippen LogP) is 4.55. The molecular weight excluding hydrogens is 446 g/mol. The molecule has 1 fully saturated rings. The number of hydrogen-bond acceptors (Lipinski definition) is 9. The molecule has 35 heavy (non-hydrogen) atoms. The van der Waals surface area contributed by atoms with E-state index in [1.54, 1.807) is 31.5 Å². The van der Waals surface area contributed by atoms with E-state index >= 15 is 0 Å². The molecular formula is C26H31N5O4. The molecule has 3 aromatic rings. The van der Waals surface area contributed by atoms with Gasteiger partial charge in [-0.2, -0.15) is 0 Å². The number of nitrogens with one attached hydrogen (secondary N) is 2. The summed E-state index contributed by atoms with van der Waals surface area (Å²) < 4.78 is 16.6. The van der Waals surface area contributed by atoms with E-state index in [9.17, 15) is 5.11 Å². The monoisotopic (exact) mass is 477 g/mol. The number of aromatic hydroxyl groups is 1. The van der Waals surface area contributed by atoms with E-state index in [-0.39, 0.29) is 12.0 Å². The van der Waals surface area contributed by atoms with Gasteiger partial charge in [0.15, 0.2) is 6.29 Å². The Labute approximate surface area is 204 Å². The first-order valence-corrected chi connectivity index (χ1v) is 11.6. The molecule has 1 saturated heterocycles. The number of anilines is 2. The topological polar surface area (TPSA) is 113 Å². The fourth-order valence-corrected chi connectivity index (χ4v) is 3.82. The van der Waals surface area contributed by atoms with Gasteiger partial charge in [0.1, 0.15) is 11.5 Å². The Balaban J connectivity index is 1.46. The van der Waals surface area contributed by atoms with Crippen molar-refractivity contribution in [2.45, 2.75) is 25.6 Å². The quantitative estimate of drug-likeness (QED) is 0.365. The average molecular weight is 478 g/mol. The SMILES string of the molecule is COc1cc(O)cc(Nc2ccc3ncc(/C(C=N)=C/N(C)CCOC4CCCCO4)nc3c2)c1. The lowest BCUT2D eigenvalue weighted by Gasteiger charge is -2.24. The van der Waals surface area contributed by atoms with Gasteiger partial charge in [0, 0.05) is 67.8 Å². The van der Waals surface area contributed by atoms with Crippen LogP contribution in [0.4, 0.5) is 11.4 Å². The molecule has 3 N–H and O–H groups in total. The maximum Gasteiger partial charge on any atom is 0.157 e. The van der Waals surface area contributed by atoms with Crippen molar-refractivity contribution in [3.05, 3.63) is 54.5 Å². The van der Waals surface area contributed by atoms with Crippen molar-refractivity contribution in [3.63, 3.8) is 0 Å². The van der Waals surface area contributed by atoms with Crippen LogP contribution in [0.1, 0.15) is 25.0 Å². The number of allylic oxidation sites excluding steroid dienone is 1. The second kappa shape index (κ2) is 11.6. The minimum Gasteiger partial charge on any atom is -0.508 e. The molecule has 0 bridgehead atoms. The number of aromatic nitrogens is 2. The highest BCUT2D eigenvalue weighted by molar-refractivity contribution is 6.07. The molecule has 9 nitrogen and oxygen atoms in total. The van der Waals surface area contributed by atoms with E-state index < -0.39 is 0 Å². The van der Waals surface area contributed by atoms with Crippen LogP contribution in [0.3, 0.4) is 0 Å². The first-order chi connectivity index (χ1) is 17.0. The largest absolute Gasteiger partial charge is 0.508 e. The minimum absolute atomic E-state index is 0.108. The molecule has 184 valence electrons. The van der Waals surface area contributed by atoms with Gasteiger partial charge in [-0.15, -0.1) is 0 Å². The number of benzene rings is 2. The van der Waals surface area contributed by atoms with Gasteiger partial charge in [0.25, 0.3) is 0 Å². The first kappa shape index (κ1) is 24.4. The molecule has 2 aromatic carbocycles.